The molecule has 0 saturated heterocycles. The standard InChI is InChI=1S/C13H13N3S/c1-16-7-6-11-12(8-16)17-13(15-11)9-4-2-3-5-10(9)14/h2-6,8H,7,14H2,1H3. The molecule has 0 bridgehead atoms. The van der Waals surface area contributed by atoms with Gasteiger partial charge in [0.2, 0.25) is 0 Å². The van der Waals surface area contributed by atoms with Crippen molar-refractivity contribution in [1.29, 1.82) is 0 Å². The van der Waals surface area contributed by atoms with Gasteiger partial charge in [0.1, 0.15) is 5.01 Å². The van der Waals surface area contributed by atoms with E-state index < -0.39 is 0 Å². The van der Waals surface area contributed by atoms with Crippen molar-refractivity contribution in [3.05, 3.63) is 34.1 Å². The van der Waals surface area contributed by atoms with Crippen molar-refractivity contribution in [2.75, 3.05) is 19.3 Å². The summed E-state index contributed by atoms with van der Waals surface area (Å²) >= 11 is 1.69. The molecule has 0 spiro atoms. The average molecular weight is 243 g/mol. The first-order valence-electron chi connectivity index (χ1n) is 5.48. The summed E-state index contributed by atoms with van der Waals surface area (Å²) in [6.07, 6.45) is 4.28. The Morgan fingerprint density at radius 2 is 2.18 bits per heavy atom. The Balaban J connectivity index is 2.20. The van der Waals surface area contributed by atoms with E-state index in [1.807, 2.05) is 24.3 Å². The van der Waals surface area contributed by atoms with Gasteiger partial charge in [-0.15, -0.1) is 11.3 Å². The molecule has 3 nitrogen and oxygen atoms in total. The molecule has 0 unspecified atom stereocenters. The number of nitrogen functional groups attached to an aromatic ring is 1. The molecule has 0 fully saturated rings. The maximum absolute atomic E-state index is 5.97. The minimum atomic E-state index is 0.784. The van der Waals surface area contributed by atoms with Crippen LogP contribution < -0.4 is 15.6 Å². The van der Waals surface area contributed by atoms with Crippen LogP contribution in [0.2, 0.25) is 0 Å². The molecule has 2 heterocycles. The SMILES string of the molecule is CN1C=c2sc(-c3ccccc3N)nc2=CC1. The number of hydrogen-bond donors (Lipinski definition) is 1. The van der Waals surface area contributed by atoms with Crippen LogP contribution in [0.5, 0.6) is 0 Å². The van der Waals surface area contributed by atoms with Crippen molar-refractivity contribution in [3.8, 4) is 10.6 Å². The molecule has 0 saturated carbocycles. The topological polar surface area (TPSA) is 42.1 Å². The highest BCUT2D eigenvalue weighted by Gasteiger charge is 2.08. The van der Waals surface area contributed by atoms with Gasteiger partial charge >= 0.3 is 0 Å². The zero-order valence-corrected chi connectivity index (χ0v) is 10.4. The highest BCUT2D eigenvalue weighted by atomic mass is 32.1. The number of nitrogens with two attached hydrogens (primary N) is 1. The Bertz CT molecular complexity index is 672. The molecule has 2 N–H and O–H groups in total. The van der Waals surface area contributed by atoms with E-state index in [1.54, 1.807) is 11.3 Å². The second-order valence-electron chi connectivity index (χ2n) is 4.13. The summed E-state index contributed by atoms with van der Waals surface area (Å²) in [5.74, 6) is 0. The summed E-state index contributed by atoms with van der Waals surface area (Å²) in [5.41, 5.74) is 7.78. The second-order valence-corrected chi connectivity index (χ2v) is 5.16. The molecule has 86 valence electrons. The van der Waals surface area contributed by atoms with Crippen LogP contribution in [-0.4, -0.2) is 23.5 Å². The molecule has 3 rings (SSSR count). The van der Waals surface area contributed by atoms with Gasteiger partial charge < -0.3 is 10.6 Å². The van der Waals surface area contributed by atoms with Gasteiger partial charge in [0.25, 0.3) is 0 Å². The van der Waals surface area contributed by atoms with E-state index in [0.29, 0.717) is 0 Å². The van der Waals surface area contributed by atoms with Crippen LogP contribution in [0.1, 0.15) is 0 Å². The van der Waals surface area contributed by atoms with E-state index in [0.717, 1.165) is 28.2 Å². The predicted octanol–water partition coefficient (Wildman–Crippen LogP) is 0.856. The van der Waals surface area contributed by atoms with Gasteiger partial charge in [-0.25, -0.2) is 4.98 Å². The normalized spacial score (nSPS) is 13.8. The van der Waals surface area contributed by atoms with Gasteiger partial charge in [0.15, 0.2) is 0 Å². The molecule has 4 heteroatoms. The molecule has 0 radical (unpaired) electrons. The third-order valence-corrected chi connectivity index (χ3v) is 3.82. The Morgan fingerprint density at radius 3 is 3.00 bits per heavy atom. The van der Waals surface area contributed by atoms with Crippen molar-refractivity contribution in [3.63, 3.8) is 0 Å². The van der Waals surface area contributed by atoms with Crippen molar-refractivity contribution in [2.45, 2.75) is 0 Å². The fourth-order valence-electron chi connectivity index (χ4n) is 1.87. The fraction of sp³-hybridized carbons (Fsp3) is 0.154. The zero-order valence-electron chi connectivity index (χ0n) is 9.55. The lowest BCUT2D eigenvalue weighted by molar-refractivity contribution is 0.564. The van der Waals surface area contributed by atoms with Crippen LogP contribution in [-0.2, 0) is 0 Å². The van der Waals surface area contributed by atoms with Crippen molar-refractivity contribution in [2.24, 2.45) is 0 Å². The molecular formula is C13H13N3S. The van der Waals surface area contributed by atoms with Crippen LogP contribution >= 0.6 is 11.3 Å². The zero-order chi connectivity index (χ0) is 11.8. The Hall–Kier alpha value is -1.81. The monoisotopic (exact) mass is 243 g/mol. The quantitative estimate of drug-likeness (QED) is 0.755. The molecule has 0 aliphatic carbocycles. The fourth-order valence-corrected chi connectivity index (χ4v) is 2.99. The Morgan fingerprint density at radius 1 is 1.35 bits per heavy atom. The van der Waals surface area contributed by atoms with Gasteiger partial charge in [-0.05, 0) is 18.2 Å². The molecule has 1 aliphatic heterocycles. The van der Waals surface area contributed by atoms with E-state index in [1.165, 1.54) is 4.53 Å². The number of nitrogens with zero attached hydrogens (tertiary/aromatic N) is 2. The van der Waals surface area contributed by atoms with Crippen molar-refractivity contribution < 1.29 is 0 Å². The summed E-state index contributed by atoms with van der Waals surface area (Å²) in [5, 5.41) is 2.07. The third-order valence-electron chi connectivity index (χ3n) is 2.78. The maximum Gasteiger partial charge on any atom is 0.126 e. The first-order valence-corrected chi connectivity index (χ1v) is 6.30. The van der Waals surface area contributed by atoms with Crippen LogP contribution in [0, 0.1) is 0 Å². The number of benzene rings is 1. The first kappa shape index (κ1) is 10.4. The van der Waals surface area contributed by atoms with Crippen LogP contribution in [0.15, 0.2) is 24.3 Å². The lowest BCUT2D eigenvalue weighted by Gasteiger charge is -2.11. The number of aromatic nitrogens is 1. The Kier molecular flexibility index (Phi) is 2.37. The molecule has 1 aromatic heterocycles. The van der Waals surface area contributed by atoms with Crippen molar-refractivity contribution >= 4 is 29.3 Å². The molecule has 17 heavy (non-hydrogen) atoms. The minimum absolute atomic E-state index is 0.784. The lowest BCUT2D eigenvalue weighted by atomic mass is 10.2. The summed E-state index contributed by atoms with van der Waals surface area (Å²) in [6, 6.07) is 7.86. The smallest absolute Gasteiger partial charge is 0.126 e. The van der Waals surface area contributed by atoms with Crippen molar-refractivity contribution in [1.82, 2.24) is 9.88 Å². The summed E-state index contributed by atoms with van der Waals surface area (Å²) < 4.78 is 1.21. The largest absolute Gasteiger partial charge is 0.398 e. The summed E-state index contributed by atoms with van der Waals surface area (Å²) in [4.78, 5) is 6.79. The number of para-hydroxylation sites is 1. The van der Waals surface area contributed by atoms with E-state index >= 15 is 0 Å². The second kappa shape index (κ2) is 3.89. The molecular weight excluding hydrogens is 230 g/mol. The van der Waals surface area contributed by atoms with Gasteiger partial charge in [-0.2, -0.15) is 0 Å². The lowest BCUT2D eigenvalue weighted by Crippen LogP contribution is -2.31. The highest BCUT2D eigenvalue weighted by Crippen LogP contribution is 2.24. The van der Waals surface area contributed by atoms with Gasteiger partial charge in [-0.1, -0.05) is 12.1 Å². The van der Waals surface area contributed by atoms with Gasteiger partial charge in [-0.3, -0.25) is 0 Å². The number of rotatable bonds is 1. The number of fused-ring (bicyclic) bond motifs is 1. The molecule has 0 amide bonds. The minimum Gasteiger partial charge on any atom is -0.398 e. The first-order chi connectivity index (χ1) is 8.24. The number of thiazole rings is 1. The van der Waals surface area contributed by atoms with Crippen LogP contribution in [0.25, 0.3) is 22.8 Å². The summed E-state index contributed by atoms with van der Waals surface area (Å²) in [6.45, 7) is 0.917. The van der Waals surface area contributed by atoms with E-state index in [2.05, 4.69) is 29.2 Å². The van der Waals surface area contributed by atoms with Gasteiger partial charge in [0, 0.05) is 31.0 Å². The number of anilines is 1. The summed E-state index contributed by atoms with van der Waals surface area (Å²) in [7, 11) is 2.07. The van der Waals surface area contributed by atoms with Gasteiger partial charge in [0.05, 0.1) is 9.88 Å². The van der Waals surface area contributed by atoms with Crippen LogP contribution in [0.3, 0.4) is 0 Å². The molecule has 1 aliphatic rings. The molecule has 1 aromatic carbocycles. The van der Waals surface area contributed by atoms with Crippen LogP contribution in [0.4, 0.5) is 5.69 Å². The average Bonchev–Trinajstić information content (AvgIpc) is 2.72. The highest BCUT2D eigenvalue weighted by molar-refractivity contribution is 7.13. The molecule has 2 aromatic rings. The third kappa shape index (κ3) is 1.80. The maximum atomic E-state index is 5.97. The number of hydrogen-bond acceptors (Lipinski definition) is 4. The van der Waals surface area contributed by atoms with E-state index in [4.69, 9.17) is 5.73 Å². The predicted molar refractivity (Wildman–Crippen MR) is 72.8 cm³/mol. The van der Waals surface area contributed by atoms with E-state index in [-0.39, 0.29) is 0 Å². The van der Waals surface area contributed by atoms with E-state index in [9.17, 15) is 0 Å². The Labute approximate surface area is 104 Å². The molecule has 0 atom stereocenters.